The lowest BCUT2D eigenvalue weighted by Crippen LogP contribution is -2.52. The molecule has 3 rings (SSSR count). The van der Waals surface area contributed by atoms with Crippen LogP contribution >= 0.6 is 11.3 Å². The van der Waals surface area contributed by atoms with Crippen molar-refractivity contribution in [1.82, 2.24) is 20.1 Å². The zero-order chi connectivity index (χ0) is 17.6. The Balaban J connectivity index is 1.49. The van der Waals surface area contributed by atoms with Crippen molar-refractivity contribution in [2.24, 2.45) is 4.99 Å². The summed E-state index contributed by atoms with van der Waals surface area (Å²) in [7, 11) is 1.86. The highest BCUT2D eigenvalue weighted by Gasteiger charge is 2.19. The number of aryl methyl sites for hydroxylation is 2. The third kappa shape index (κ3) is 4.80. The first kappa shape index (κ1) is 17.9. The number of hydrogen-bond acceptors (Lipinski definition) is 4. The van der Waals surface area contributed by atoms with Gasteiger partial charge in [-0.05, 0) is 19.4 Å². The quantitative estimate of drug-likeness (QED) is 0.675. The Morgan fingerprint density at radius 1 is 1.16 bits per heavy atom. The molecule has 0 spiro atoms. The molecule has 0 atom stereocenters. The fraction of sp³-hybridized carbons (Fsp3) is 0.474. The van der Waals surface area contributed by atoms with E-state index in [4.69, 9.17) is 0 Å². The maximum absolute atomic E-state index is 4.50. The van der Waals surface area contributed by atoms with Crippen molar-refractivity contribution in [2.45, 2.75) is 26.9 Å². The smallest absolute Gasteiger partial charge is 0.194 e. The average molecular weight is 358 g/mol. The maximum atomic E-state index is 4.50. The molecule has 0 amide bonds. The number of rotatable bonds is 4. The molecule has 1 aliphatic rings. The summed E-state index contributed by atoms with van der Waals surface area (Å²) in [6.07, 6.45) is 0. The number of benzene rings is 1. The Kier molecular flexibility index (Phi) is 6.04. The van der Waals surface area contributed by atoms with Gasteiger partial charge in [-0.25, -0.2) is 4.98 Å². The summed E-state index contributed by atoms with van der Waals surface area (Å²) in [6, 6.07) is 10.7. The lowest BCUT2D eigenvalue weighted by Gasteiger charge is -2.36. The second-order valence-corrected chi connectivity index (χ2v) is 7.68. The van der Waals surface area contributed by atoms with Gasteiger partial charge in [-0.2, -0.15) is 0 Å². The minimum Gasteiger partial charge on any atom is -0.351 e. The summed E-state index contributed by atoms with van der Waals surface area (Å²) in [6.45, 7) is 10.1. The van der Waals surface area contributed by atoms with Crippen molar-refractivity contribution in [1.29, 1.82) is 0 Å². The van der Waals surface area contributed by atoms with E-state index < -0.39 is 0 Å². The number of hydrogen-bond donors (Lipinski definition) is 1. The molecule has 1 saturated heterocycles. The van der Waals surface area contributed by atoms with Gasteiger partial charge in [0.05, 0.1) is 17.2 Å². The lowest BCUT2D eigenvalue weighted by atomic mass is 10.2. The zero-order valence-electron chi connectivity index (χ0n) is 15.3. The van der Waals surface area contributed by atoms with Crippen LogP contribution in [0, 0.1) is 13.8 Å². The molecule has 2 heterocycles. The van der Waals surface area contributed by atoms with Gasteiger partial charge in [0.2, 0.25) is 0 Å². The number of thiazole rings is 1. The van der Waals surface area contributed by atoms with E-state index >= 15 is 0 Å². The van der Waals surface area contributed by atoms with Crippen molar-refractivity contribution < 1.29 is 0 Å². The first-order valence-electron chi connectivity index (χ1n) is 8.80. The van der Waals surface area contributed by atoms with Gasteiger partial charge < -0.3 is 10.2 Å². The van der Waals surface area contributed by atoms with E-state index in [0.29, 0.717) is 0 Å². The summed E-state index contributed by atoms with van der Waals surface area (Å²) in [4.78, 5) is 15.1. The second-order valence-electron chi connectivity index (χ2n) is 6.39. The SMILES string of the molecule is CN=C(NCc1sc(C)nc1C)N1CCN(Cc2ccccc2)CC1. The molecule has 0 unspecified atom stereocenters. The number of nitrogens with one attached hydrogen (secondary N) is 1. The van der Waals surface area contributed by atoms with E-state index in [1.54, 1.807) is 11.3 Å². The molecule has 134 valence electrons. The van der Waals surface area contributed by atoms with Crippen LogP contribution in [0.1, 0.15) is 21.1 Å². The van der Waals surface area contributed by atoms with Crippen LogP contribution < -0.4 is 5.32 Å². The van der Waals surface area contributed by atoms with E-state index in [1.807, 2.05) is 7.05 Å². The largest absolute Gasteiger partial charge is 0.351 e. The molecule has 25 heavy (non-hydrogen) atoms. The van der Waals surface area contributed by atoms with Crippen LogP contribution in [0.3, 0.4) is 0 Å². The molecule has 1 aromatic carbocycles. The molecule has 5 nitrogen and oxygen atoms in total. The maximum Gasteiger partial charge on any atom is 0.194 e. The van der Waals surface area contributed by atoms with E-state index in [-0.39, 0.29) is 0 Å². The number of piperazine rings is 1. The molecule has 0 saturated carbocycles. The average Bonchev–Trinajstić information content (AvgIpc) is 2.95. The number of aliphatic imine (C=N–C) groups is 1. The Labute approximate surface area is 154 Å². The van der Waals surface area contributed by atoms with Crippen molar-refractivity contribution in [3.05, 3.63) is 51.5 Å². The van der Waals surface area contributed by atoms with Gasteiger partial charge in [0.1, 0.15) is 0 Å². The fourth-order valence-corrected chi connectivity index (χ4v) is 4.07. The molecule has 2 aromatic rings. The van der Waals surface area contributed by atoms with E-state index in [1.165, 1.54) is 10.4 Å². The highest BCUT2D eigenvalue weighted by molar-refractivity contribution is 7.11. The van der Waals surface area contributed by atoms with Crippen molar-refractivity contribution in [3.8, 4) is 0 Å². The van der Waals surface area contributed by atoms with E-state index in [9.17, 15) is 0 Å². The molecule has 1 aliphatic heterocycles. The predicted octanol–water partition coefficient (Wildman–Crippen LogP) is 2.65. The fourth-order valence-electron chi connectivity index (χ4n) is 3.19. The molecule has 0 bridgehead atoms. The highest BCUT2D eigenvalue weighted by Crippen LogP contribution is 2.17. The summed E-state index contributed by atoms with van der Waals surface area (Å²) in [5.74, 6) is 0.991. The van der Waals surface area contributed by atoms with Crippen LogP contribution in [0.5, 0.6) is 0 Å². The van der Waals surface area contributed by atoms with Gasteiger partial charge in [-0.1, -0.05) is 30.3 Å². The molecule has 0 aliphatic carbocycles. The molecule has 1 aromatic heterocycles. The van der Waals surface area contributed by atoms with Crippen LogP contribution in [0.15, 0.2) is 35.3 Å². The Morgan fingerprint density at radius 3 is 2.48 bits per heavy atom. The van der Waals surface area contributed by atoms with Crippen LogP contribution in [-0.2, 0) is 13.1 Å². The first-order chi connectivity index (χ1) is 12.2. The van der Waals surface area contributed by atoms with Crippen LogP contribution in [-0.4, -0.2) is 54.0 Å². The summed E-state index contributed by atoms with van der Waals surface area (Å²) >= 11 is 1.76. The minimum atomic E-state index is 0.800. The zero-order valence-corrected chi connectivity index (χ0v) is 16.1. The topological polar surface area (TPSA) is 43.8 Å². The number of aromatic nitrogens is 1. The standard InChI is InChI=1S/C19H27N5S/c1-15-18(25-16(2)22-15)13-21-19(20-3)24-11-9-23(10-12-24)14-17-7-5-4-6-8-17/h4-8H,9-14H2,1-3H3,(H,20,21). The monoisotopic (exact) mass is 357 g/mol. The van der Waals surface area contributed by atoms with Gasteiger partial charge >= 0.3 is 0 Å². The lowest BCUT2D eigenvalue weighted by molar-refractivity contribution is 0.172. The minimum absolute atomic E-state index is 0.800. The first-order valence-corrected chi connectivity index (χ1v) is 9.62. The van der Waals surface area contributed by atoms with Crippen LogP contribution in [0.2, 0.25) is 0 Å². The van der Waals surface area contributed by atoms with Gasteiger partial charge in [-0.3, -0.25) is 9.89 Å². The number of nitrogens with zero attached hydrogens (tertiary/aromatic N) is 4. The van der Waals surface area contributed by atoms with Crippen molar-refractivity contribution in [3.63, 3.8) is 0 Å². The Bertz CT molecular complexity index is 702. The van der Waals surface area contributed by atoms with Crippen LogP contribution in [0.4, 0.5) is 0 Å². The van der Waals surface area contributed by atoms with E-state index in [2.05, 4.69) is 69.3 Å². The van der Waals surface area contributed by atoms with Crippen LogP contribution in [0.25, 0.3) is 0 Å². The Morgan fingerprint density at radius 2 is 1.88 bits per heavy atom. The number of guanidine groups is 1. The molecular weight excluding hydrogens is 330 g/mol. The summed E-state index contributed by atoms with van der Waals surface area (Å²) < 4.78 is 0. The second kappa shape index (κ2) is 8.45. The van der Waals surface area contributed by atoms with Crippen molar-refractivity contribution >= 4 is 17.3 Å². The molecule has 1 fully saturated rings. The van der Waals surface area contributed by atoms with Gasteiger partial charge in [-0.15, -0.1) is 11.3 Å². The summed E-state index contributed by atoms with van der Waals surface area (Å²) in [5, 5.41) is 4.63. The van der Waals surface area contributed by atoms with E-state index in [0.717, 1.165) is 55.9 Å². The molecule has 0 radical (unpaired) electrons. The van der Waals surface area contributed by atoms with Gasteiger partial charge in [0, 0.05) is 44.6 Å². The van der Waals surface area contributed by atoms with Gasteiger partial charge in [0.25, 0.3) is 0 Å². The van der Waals surface area contributed by atoms with Crippen molar-refractivity contribution in [2.75, 3.05) is 33.2 Å². The predicted molar refractivity (Wildman–Crippen MR) is 105 cm³/mol. The molecule has 1 N–H and O–H groups in total. The molecule has 6 heteroatoms. The third-order valence-electron chi connectivity index (χ3n) is 4.54. The normalized spacial score (nSPS) is 16.3. The summed E-state index contributed by atoms with van der Waals surface area (Å²) in [5.41, 5.74) is 2.51. The van der Waals surface area contributed by atoms with Gasteiger partial charge in [0.15, 0.2) is 5.96 Å². The third-order valence-corrected chi connectivity index (χ3v) is 5.61. The molecular formula is C19H27N5S. The Hall–Kier alpha value is -1.92. The highest BCUT2D eigenvalue weighted by atomic mass is 32.1.